The maximum Gasteiger partial charge on any atom is 0.387 e. The Morgan fingerprint density at radius 1 is 0.844 bits per heavy atom. The van der Waals surface area contributed by atoms with Gasteiger partial charge in [0.1, 0.15) is 48.1 Å². The van der Waals surface area contributed by atoms with Crippen LogP contribution >= 0.6 is 0 Å². The third-order valence-electron chi connectivity index (χ3n) is 4.67. The summed E-state index contributed by atoms with van der Waals surface area (Å²) in [5.41, 5.74) is 2.19. The summed E-state index contributed by atoms with van der Waals surface area (Å²) in [4.78, 5) is 10.8. The largest absolute Gasteiger partial charge is 0.489 e. The molecule has 4 aromatic rings. The molecule has 164 valence electrons. The Balaban J connectivity index is 1.51. The quantitative estimate of drug-likeness (QED) is 0.287. The van der Waals surface area contributed by atoms with Gasteiger partial charge in [0.05, 0.1) is 11.8 Å². The summed E-state index contributed by atoms with van der Waals surface area (Å²) in [5.74, 6) is 1.32. The molecule has 0 N–H and O–H groups in total. The van der Waals surface area contributed by atoms with Crippen molar-refractivity contribution in [3.8, 4) is 17.2 Å². The molecule has 7 heteroatoms. The minimum Gasteiger partial charge on any atom is -0.489 e. The molecular weight excluding hydrogens is 418 g/mol. The molecule has 1 aromatic heterocycles. The Morgan fingerprint density at radius 2 is 1.62 bits per heavy atom. The molecular formula is C25H20F2O5. The lowest BCUT2D eigenvalue weighted by atomic mass is 10.2. The van der Waals surface area contributed by atoms with E-state index < -0.39 is 6.61 Å². The van der Waals surface area contributed by atoms with Gasteiger partial charge in [0.25, 0.3) is 0 Å². The number of alkyl halides is 2. The Kier molecular flexibility index (Phi) is 6.65. The molecule has 0 spiro atoms. The van der Waals surface area contributed by atoms with Crippen LogP contribution in [0.15, 0.2) is 77.2 Å². The van der Waals surface area contributed by atoms with Crippen molar-refractivity contribution in [2.24, 2.45) is 0 Å². The van der Waals surface area contributed by atoms with Crippen LogP contribution in [0.2, 0.25) is 0 Å². The smallest absolute Gasteiger partial charge is 0.387 e. The molecule has 0 saturated heterocycles. The predicted octanol–water partition coefficient (Wildman–Crippen LogP) is 5.93. The van der Waals surface area contributed by atoms with Gasteiger partial charge in [-0.25, -0.2) is 0 Å². The van der Waals surface area contributed by atoms with Gasteiger partial charge >= 0.3 is 6.61 Å². The first kappa shape index (κ1) is 21.4. The van der Waals surface area contributed by atoms with Crippen LogP contribution < -0.4 is 14.2 Å². The van der Waals surface area contributed by atoms with E-state index in [0.717, 1.165) is 11.1 Å². The van der Waals surface area contributed by atoms with Gasteiger partial charge in [-0.05, 0) is 29.3 Å². The monoisotopic (exact) mass is 438 g/mol. The highest BCUT2D eigenvalue weighted by atomic mass is 19.3. The number of fused-ring (bicyclic) bond motifs is 1. The first-order chi connectivity index (χ1) is 15.6. The standard InChI is InChI=1S/C25H20F2O5/c26-25(27)32-21-13-23(22-12-20(9-10-28)31-24(22)14-21)30-16-18-7-4-8-19(11-18)29-15-17-5-2-1-3-6-17/h1-8,10-14,25H,9,15-16H2. The SMILES string of the molecule is O=CCc1cc2c(OCc3cccc(OCc4ccccc4)c3)cc(OC(F)F)cc2o1. The Hall–Kier alpha value is -3.87. The zero-order chi connectivity index (χ0) is 22.3. The Bertz CT molecular complexity index is 1190. The molecule has 0 bridgehead atoms. The van der Waals surface area contributed by atoms with Crippen LogP contribution in [0.25, 0.3) is 11.0 Å². The van der Waals surface area contributed by atoms with Crippen molar-refractivity contribution in [3.05, 3.63) is 89.7 Å². The lowest BCUT2D eigenvalue weighted by Gasteiger charge is -2.11. The van der Waals surface area contributed by atoms with Crippen LogP contribution in [0, 0.1) is 0 Å². The summed E-state index contributed by atoms with van der Waals surface area (Å²) in [5, 5.41) is 0.569. The number of benzene rings is 3. The molecule has 0 radical (unpaired) electrons. The third-order valence-corrected chi connectivity index (χ3v) is 4.67. The summed E-state index contributed by atoms with van der Waals surface area (Å²) in [6.45, 7) is -2.37. The molecule has 0 aliphatic heterocycles. The van der Waals surface area contributed by atoms with Gasteiger partial charge in [0.15, 0.2) is 0 Å². The number of carbonyl (C=O) groups is 1. The van der Waals surface area contributed by atoms with Crippen molar-refractivity contribution in [2.45, 2.75) is 26.2 Å². The second-order valence-corrected chi connectivity index (χ2v) is 7.01. The van der Waals surface area contributed by atoms with Crippen LogP contribution in [0.3, 0.4) is 0 Å². The predicted molar refractivity (Wildman–Crippen MR) is 114 cm³/mol. The maximum atomic E-state index is 12.7. The second kappa shape index (κ2) is 9.96. The fourth-order valence-electron chi connectivity index (χ4n) is 3.24. The fraction of sp³-hybridized carbons (Fsp3) is 0.160. The number of hydrogen-bond acceptors (Lipinski definition) is 5. The molecule has 32 heavy (non-hydrogen) atoms. The van der Waals surface area contributed by atoms with Crippen molar-refractivity contribution in [1.29, 1.82) is 0 Å². The van der Waals surface area contributed by atoms with Crippen LogP contribution in [0.4, 0.5) is 8.78 Å². The number of hydrogen-bond donors (Lipinski definition) is 0. The van der Waals surface area contributed by atoms with Crippen molar-refractivity contribution >= 4 is 17.3 Å². The Morgan fingerprint density at radius 3 is 2.41 bits per heavy atom. The lowest BCUT2D eigenvalue weighted by Crippen LogP contribution is -2.03. The van der Waals surface area contributed by atoms with Crippen LogP contribution in [0.5, 0.6) is 17.2 Å². The molecule has 0 fully saturated rings. The molecule has 0 saturated carbocycles. The summed E-state index contributed by atoms with van der Waals surface area (Å²) in [7, 11) is 0. The molecule has 0 aliphatic carbocycles. The lowest BCUT2D eigenvalue weighted by molar-refractivity contribution is -0.107. The van der Waals surface area contributed by atoms with E-state index in [2.05, 4.69) is 4.74 Å². The summed E-state index contributed by atoms with van der Waals surface area (Å²) < 4.78 is 47.3. The van der Waals surface area contributed by atoms with Gasteiger partial charge in [-0.2, -0.15) is 8.78 Å². The minimum atomic E-state index is -2.98. The van der Waals surface area contributed by atoms with Crippen molar-refractivity contribution < 1.29 is 32.2 Å². The third kappa shape index (κ3) is 5.43. The van der Waals surface area contributed by atoms with Crippen LogP contribution in [-0.4, -0.2) is 12.9 Å². The average molecular weight is 438 g/mol. The minimum absolute atomic E-state index is 0.0694. The number of furan rings is 1. The van der Waals surface area contributed by atoms with E-state index in [1.807, 2.05) is 54.6 Å². The molecule has 0 atom stereocenters. The van der Waals surface area contributed by atoms with Crippen molar-refractivity contribution in [3.63, 3.8) is 0 Å². The van der Waals surface area contributed by atoms with Gasteiger partial charge in [0.2, 0.25) is 0 Å². The summed E-state index contributed by atoms with van der Waals surface area (Å²) >= 11 is 0. The summed E-state index contributed by atoms with van der Waals surface area (Å²) in [6.07, 6.45) is 0.774. The molecule has 4 rings (SSSR count). The van der Waals surface area contributed by atoms with Gasteiger partial charge in [-0.15, -0.1) is 0 Å². The fourth-order valence-corrected chi connectivity index (χ4v) is 3.24. The number of ether oxygens (including phenoxy) is 3. The molecule has 0 unspecified atom stereocenters. The highest BCUT2D eigenvalue weighted by Gasteiger charge is 2.15. The number of aldehydes is 1. The summed E-state index contributed by atoms with van der Waals surface area (Å²) in [6, 6.07) is 21.6. The highest BCUT2D eigenvalue weighted by molar-refractivity contribution is 5.86. The maximum absolute atomic E-state index is 12.7. The number of rotatable bonds is 10. The van der Waals surface area contributed by atoms with E-state index in [0.29, 0.717) is 41.1 Å². The van der Waals surface area contributed by atoms with E-state index in [4.69, 9.17) is 13.9 Å². The second-order valence-electron chi connectivity index (χ2n) is 7.01. The molecule has 1 heterocycles. The van der Waals surface area contributed by atoms with Crippen molar-refractivity contribution in [1.82, 2.24) is 0 Å². The molecule has 3 aromatic carbocycles. The van der Waals surface area contributed by atoms with Crippen molar-refractivity contribution in [2.75, 3.05) is 0 Å². The van der Waals surface area contributed by atoms with E-state index in [-0.39, 0.29) is 18.8 Å². The topological polar surface area (TPSA) is 57.9 Å². The van der Waals surface area contributed by atoms with Gasteiger partial charge in [-0.3, -0.25) is 0 Å². The van der Waals surface area contributed by atoms with Gasteiger partial charge in [-0.1, -0.05) is 42.5 Å². The van der Waals surface area contributed by atoms with Gasteiger partial charge in [0, 0.05) is 12.1 Å². The Labute approximate surface area is 183 Å². The van der Waals surface area contributed by atoms with E-state index >= 15 is 0 Å². The van der Waals surface area contributed by atoms with Gasteiger partial charge < -0.3 is 23.4 Å². The van der Waals surface area contributed by atoms with Crippen LogP contribution in [-0.2, 0) is 24.4 Å². The molecule has 0 amide bonds. The van der Waals surface area contributed by atoms with E-state index in [1.54, 1.807) is 6.07 Å². The number of carbonyl (C=O) groups excluding carboxylic acids is 1. The molecule has 5 nitrogen and oxygen atoms in total. The van der Waals surface area contributed by atoms with Crippen LogP contribution in [0.1, 0.15) is 16.9 Å². The molecule has 0 aliphatic rings. The normalized spacial score (nSPS) is 11.0. The average Bonchev–Trinajstić information content (AvgIpc) is 3.19. The number of halogens is 2. The van der Waals surface area contributed by atoms with E-state index in [9.17, 15) is 13.6 Å². The zero-order valence-corrected chi connectivity index (χ0v) is 17.0. The van der Waals surface area contributed by atoms with E-state index in [1.165, 1.54) is 12.1 Å². The highest BCUT2D eigenvalue weighted by Crippen LogP contribution is 2.35. The first-order valence-corrected chi connectivity index (χ1v) is 9.94. The zero-order valence-electron chi connectivity index (χ0n) is 17.0. The first-order valence-electron chi connectivity index (χ1n) is 9.94.